The minimum atomic E-state index is -3.94. The average Bonchev–Trinajstić information content (AvgIpc) is 2.95. The van der Waals surface area contributed by atoms with Gasteiger partial charge in [0.05, 0.1) is 10.1 Å². The van der Waals surface area contributed by atoms with Gasteiger partial charge in [-0.2, -0.15) is 0 Å². The average molecular weight is 351 g/mol. The highest BCUT2D eigenvalue weighted by atomic mass is 32.2. The molecule has 1 heterocycles. The molecule has 1 aliphatic heterocycles. The maximum absolute atomic E-state index is 10.6. The van der Waals surface area contributed by atoms with E-state index in [0.29, 0.717) is 17.3 Å². The molecule has 1 saturated carbocycles. The van der Waals surface area contributed by atoms with Gasteiger partial charge < -0.3 is 4.55 Å². The summed E-state index contributed by atoms with van der Waals surface area (Å²) in [6, 6.07) is 0. The summed E-state index contributed by atoms with van der Waals surface area (Å²) >= 11 is 0. The second-order valence-corrected chi connectivity index (χ2v) is 10.2. The van der Waals surface area contributed by atoms with Crippen LogP contribution in [-0.2, 0) is 25.8 Å². The van der Waals surface area contributed by atoms with Gasteiger partial charge in [-0.3, -0.25) is 4.79 Å². The van der Waals surface area contributed by atoms with Crippen molar-refractivity contribution in [2.24, 2.45) is 5.92 Å². The van der Waals surface area contributed by atoms with Gasteiger partial charge in [0.2, 0.25) is 0 Å². The van der Waals surface area contributed by atoms with Crippen LogP contribution in [0.2, 0.25) is 0 Å². The van der Waals surface area contributed by atoms with Crippen LogP contribution in [0.4, 0.5) is 0 Å². The van der Waals surface area contributed by atoms with Gasteiger partial charge in [-0.05, 0) is 43.0 Å². The van der Waals surface area contributed by atoms with Gasteiger partial charge in [0, 0.05) is 11.7 Å². The Morgan fingerprint density at radius 3 is 2.32 bits per heavy atom. The first-order chi connectivity index (χ1) is 10.5. The molecule has 2 atom stereocenters. The number of carbonyl (C=O) groups excluding carboxylic acids is 1. The summed E-state index contributed by atoms with van der Waals surface area (Å²) in [4.78, 5) is 10.6. The van der Waals surface area contributed by atoms with Crippen LogP contribution >= 0.6 is 0 Å². The van der Waals surface area contributed by atoms with Gasteiger partial charge >= 0.3 is 0 Å². The molecule has 0 aromatic carbocycles. The lowest BCUT2D eigenvalue weighted by Crippen LogP contribution is -2.30. The molecule has 4 nitrogen and oxygen atoms in total. The van der Waals surface area contributed by atoms with Crippen molar-refractivity contribution in [2.45, 2.75) is 70.0 Å². The van der Waals surface area contributed by atoms with Crippen LogP contribution in [-0.4, -0.2) is 41.8 Å². The van der Waals surface area contributed by atoms with Crippen LogP contribution in [0.1, 0.15) is 64.7 Å². The quantitative estimate of drug-likeness (QED) is 0.419. The molecule has 2 aliphatic rings. The molecule has 6 heteroatoms. The van der Waals surface area contributed by atoms with Gasteiger partial charge in [0.1, 0.15) is 11.0 Å². The summed E-state index contributed by atoms with van der Waals surface area (Å²) < 4.78 is 29.5. The molecular formula is C16H30O4S2. The Bertz CT molecular complexity index is 402. The third-order valence-electron chi connectivity index (χ3n) is 4.53. The van der Waals surface area contributed by atoms with E-state index in [0.717, 1.165) is 29.6 Å². The minimum absolute atomic E-state index is 0.219. The SMILES string of the molecule is CCCCS(=O)(=O)[O-].O=CC[S+]1CCCC1C1CCCCC1. The highest BCUT2D eigenvalue weighted by Crippen LogP contribution is 2.36. The molecule has 0 amide bonds. The van der Waals surface area contributed by atoms with Crippen molar-refractivity contribution in [3.63, 3.8) is 0 Å². The molecule has 0 spiro atoms. The van der Waals surface area contributed by atoms with Gasteiger partial charge in [0.15, 0.2) is 12.0 Å². The highest BCUT2D eigenvalue weighted by Gasteiger charge is 2.41. The topological polar surface area (TPSA) is 74.3 Å². The number of carbonyl (C=O) groups is 1. The van der Waals surface area contributed by atoms with Crippen molar-refractivity contribution in [3.8, 4) is 0 Å². The zero-order valence-corrected chi connectivity index (χ0v) is 15.3. The Morgan fingerprint density at radius 1 is 1.14 bits per heavy atom. The van der Waals surface area contributed by atoms with Crippen molar-refractivity contribution >= 4 is 27.3 Å². The molecular weight excluding hydrogens is 320 g/mol. The Morgan fingerprint density at radius 2 is 1.82 bits per heavy atom. The summed E-state index contributed by atoms with van der Waals surface area (Å²) in [5.74, 6) is 2.97. The van der Waals surface area contributed by atoms with Gasteiger partial charge in [-0.25, -0.2) is 8.42 Å². The van der Waals surface area contributed by atoms with E-state index in [1.54, 1.807) is 0 Å². The predicted octanol–water partition coefficient (Wildman–Crippen LogP) is 2.88. The molecule has 130 valence electrons. The number of aldehydes is 1. The molecule has 0 radical (unpaired) electrons. The Balaban J connectivity index is 0.000000261. The van der Waals surface area contributed by atoms with Crippen LogP contribution in [0.5, 0.6) is 0 Å². The number of unbranched alkanes of at least 4 members (excludes halogenated alkanes) is 1. The van der Waals surface area contributed by atoms with Crippen LogP contribution in [0.3, 0.4) is 0 Å². The van der Waals surface area contributed by atoms with Crippen molar-refractivity contribution < 1.29 is 17.8 Å². The molecule has 0 bridgehead atoms. The molecule has 2 unspecified atom stereocenters. The highest BCUT2D eigenvalue weighted by molar-refractivity contribution is 7.98. The Labute approximate surface area is 138 Å². The monoisotopic (exact) mass is 350 g/mol. The molecule has 0 N–H and O–H groups in total. The first-order valence-electron chi connectivity index (χ1n) is 8.51. The number of hydrogen-bond acceptors (Lipinski definition) is 4. The lowest BCUT2D eigenvalue weighted by Gasteiger charge is -2.25. The summed E-state index contributed by atoms with van der Waals surface area (Å²) in [5.41, 5.74) is 0. The lowest BCUT2D eigenvalue weighted by atomic mass is 9.85. The zero-order chi connectivity index (χ0) is 16.4. The molecule has 0 aromatic rings. The number of hydrogen-bond donors (Lipinski definition) is 0. The van der Waals surface area contributed by atoms with Crippen LogP contribution in [0, 0.1) is 5.92 Å². The molecule has 2 fully saturated rings. The second kappa shape index (κ2) is 10.7. The maximum Gasteiger partial charge on any atom is 0.169 e. The van der Waals surface area contributed by atoms with Crippen LogP contribution in [0.25, 0.3) is 0 Å². The molecule has 0 aromatic heterocycles. The van der Waals surface area contributed by atoms with Crippen LogP contribution < -0.4 is 0 Å². The van der Waals surface area contributed by atoms with E-state index < -0.39 is 10.1 Å². The largest absolute Gasteiger partial charge is 0.748 e. The van der Waals surface area contributed by atoms with E-state index >= 15 is 0 Å². The minimum Gasteiger partial charge on any atom is -0.748 e. The molecule has 22 heavy (non-hydrogen) atoms. The standard InChI is InChI=1S/C12H21OS.C4H10O3S/c13-8-10-14-9-4-7-12(14)11-5-2-1-3-6-11;1-2-3-4-8(5,6)7/h8,11-12H,1-7,9-10H2;2-4H2,1H3,(H,5,6,7)/q+1;/p-1. The Kier molecular flexibility index (Phi) is 9.68. The van der Waals surface area contributed by atoms with E-state index in [9.17, 15) is 17.8 Å². The number of rotatable bonds is 6. The van der Waals surface area contributed by atoms with E-state index in [1.807, 2.05) is 6.92 Å². The van der Waals surface area contributed by atoms with E-state index in [2.05, 4.69) is 0 Å². The predicted molar refractivity (Wildman–Crippen MR) is 92.2 cm³/mol. The van der Waals surface area contributed by atoms with Crippen molar-refractivity contribution in [1.82, 2.24) is 0 Å². The lowest BCUT2D eigenvalue weighted by molar-refractivity contribution is -0.105. The summed E-state index contributed by atoms with van der Waals surface area (Å²) in [6.07, 6.45) is 12.4. The smallest absolute Gasteiger partial charge is 0.169 e. The molecule has 1 saturated heterocycles. The summed E-state index contributed by atoms with van der Waals surface area (Å²) in [5, 5.41) is 0.931. The van der Waals surface area contributed by atoms with E-state index in [-0.39, 0.29) is 5.75 Å². The molecule has 2 rings (SSSR count). The third kappa shape index (κ3) is 7.97. The molecule has 1 aliphatic carbocycles. The van der Waals surface area contributed by atoms with Gasteiger partial charge in [0.25, 0.3) is 0 Å². The fraction of sp³-hybridized carbons (Fsp3) is 0.938. The summed E-state index contributed by atoms with van der Waals surface area (Å²) in [6.45, 7) is 1.84. The van der Waals surface area contributed by atoms with Crippen molar-refractivity contribution in [1.29, 1.82) is 0 Å². The first-order valence-corrected chi connectivity index (χ1v) is 11.7. The fourth-order valence-corrected chi connectivity index (χ4v) is 6.80. The maximum atomic E-state index is 10.6. The van der Waals surface area contributed by atoms with Crippen molar-refractivity contribution in [3.05, 3.63) is 0 Å². The normalized spacial score (nSPS) is 26.3. The van der Waals surface area contributed by atoms with Gasteiger partial charge in [-0.15, -0.1) is 0 Å². The zero-order valence-electron chi connectivity index (χ0n) is 13.7. The second-order valence-electron chi connectivity index (χ2n) is 6.27. The summed E-state index contributed by atoms with van der Waals surface area (Å²) in [7, 11) is -3.47. The Hall–Kier alpha value is -0.0700. The van der Waals surface area contributed by atoms with Crippen LogP contribution in [0.15, 0.2) is 0 Å². The fourth-order valence-electron chi connectivity index (χ4n) is 3.42. The first kappa shape index (κ1) is 20.0. The van der Waals surface area contributed by atoms with E-state index in [4.69, 9.17) is 0 Å². The van der Waals surface area contributed by atoms with Gasteiger partial charge in [-0.1, -0.05) is 32.6 Å². The van der Waals surface area contributed by atoms with E-state index in [1.165, 1.54) is 50.7 Å². The third-order valence-corrected chi connectivity index (χ3v) is 8.17. The van der Waals surface area contributed by atoms with Crippen molar-refractivity contribution in [2.75, 3.05) is 17.3 Å².